The lowest BCUT2D eigenvalue weighted by Crippen LogP contribution is -2.14. The van der Waals surface area contributed by atoms with Crippen molar-refractivity contribution in [1.82, 2.24) is 9.97 Å². The molecular formula is C14H20N6. The van der Waals surface area contributed by atoms with Crippen LogP contribution in [0, 0.1) is 0 Å². The second kappa shape index (κ2) is 5.34. The molecule has 106 valence electrons. The SMILES string of the molecule is CC(C)(C)c1ccccc1Nc1cc(NN)nc(N)n1. The van der Waals surface area contributed by atoms with Gasteiger partial charge in [-0.2, -0.15) is 9.97 Å². The monoisotopic (exact) mass is 272 g/mol. The number of aromatic nitrogens is 2. The van der Waals surface area contributed by atoms with Gasteiger partial charge in [-0.25, -0.2) is 5.84 Å². The van der Waals surface area contributed by atoms with Gasteiger partial charge < -0.3 is 16.5 Å². The van der Waals surface area contributed by atoms with Gasteiger partial charge in [0.2, 0.25) is 5.95 Å². The Balaban J connectivity index is 2.38. The number of nitrogens with one attached hydrogen (secondary N) is 2. The normalized spacial score (nSPS) is 11.2. The Bertz CT molecular complexity index is 603. The molecule has 1 heterocycles. The third kappa shape index (κ3) is 3.16. The van der Waals surface area contributed by atoms with Gasteiger partial charge in [-0.1, -0.05) is 39.0 Å². The molecule has 0 aliphatic carbocycles. The maximum absolute atomic E-state index is 5.65. The molecule has 20 heavy (non-hydrogen) atoms. The number of hydrogen-bond acceptors (Lipinski definition) is 6. The lowest BCUT2D eigenvalue weighted by atomic mass is 9.86. The van der Waals surface area contributed by atoms with E-state index in [4.69, 9.17) is 11.6 Å². The predicted molar refractivity (Wildman–Crippen MR) is 82.7 cm³/mol. The molecule has 0 atom stereocenters. The molecule has 1 aromatic heterocycles. The summed E-state index contributed by atoms with van der Waals surface area (Å²) in [6.07, 6.45) is 0. The number of para-hydroxylation sites is 1. The van der Waals surface area contributed by atoms with Crippen LogP contribution >= 0.6 is 0 Å². The number of nitrogens with zero attached hydrogens (tertiary/aromatic N) is 2. The highest BCUT2D eigenvalue weighted by molar-refractivity contribution is 5.64. The molecular weight excluding hydrogens is 252 g/mol. The zero-order valence-electron chi connectivity index (χ0n) is 11.9. The topological polar surface area (TPSA) is 102 Å². The van der Waals surface area contributed by atoms with E-state index in [2.05, 4.69) is 47.5 Å². The maximum atomic E-state index is 5.65. The molecule has 1 aromatic carbocycles. The zero-order valence-corrected chi connectivity index (χ0v) is 11.9. The van der Waals surface area contributed by atoms with Crippen LogP contribution in [0.5, 0.6) is 0 Å². The molecule has 6 N–H and O–H groups in total. The number of hydrazine groups is 1. The van der Waals surface area contributed by atoms with Crippen molar-refractivity contribution in [3.8, 4) is 0 Å². The van der Waals surface area contributed by atoms with E-state index in [9.17, 15) is 0 Å². The van der Waals surface area contributed by atoms with Crippen molar-refractivity contribution in [2.75, 3.05) is 16.5 Å². The quantitative estimate of drug-likeness (QED) is 0.505. The first-order valence-electron chi connectivity index (χ1n) is 6.38. The summed E-state index contributed by atoms with van der Waals surface area (Å²) < 4.78 is 0. The van der Waals surface area contributed by atoms with Gasteiger partial charge in [0, 0.05) is 11.8 Å². The van der Waals surface area contributed by atoms with E-state index in [0.717, 1.165) is 5.69 Å². The van der Waals surface area contributed by atoms with E-state index in [1.54, 1.807) is 6.07 Å². The molecule has 0 bridgehead atoms. The average molecular weight is 272 g/mol. The van der Waals surface area contributed by atoms with Crippen molar-refractivity contribution in [3.63, 3.8) is 0 Å². The second-order valence-electron chi connectivity index (χ2n) is 5.56. The van der Waals surface area contributed by atoms with Gasteiger partial charge >= 0.3 is 0 Å². The molecule has 0 unspecified atom stereocenters. The van der Waals surface area contributed by atoms with Crippen LogP contribution in [0.1, 0.15) is 26.3 Å². The lowest BCUT2D eigenvalue weighted by molar-refractivity contribution is 0.592. The highest BCUT2D eigenvalue weighted by atomic mass is 15.3. The fourth-order valence-electron chi connectivity index (χ4n) is 1.99. The molecule has 0 saturated carbocycles. The van der Waals surface area contributed by atoms with Crippen LogP contribution in [0.25, 0.3) is 0 Å². The van der Waals surface area contributed by atoms with Crippen LogP contribution in [0.2, 0.25) is 0 Å². The maximum Gasteiger partial charge on any atom is 0.223 e. The summed E-state index contributed by atoms with van der Waals surface area (Å²) in [4.78, 5) is 8.12. The molecule has 2 aromatic rings. The van der Waals surface area contributed by atoms with Crippen LogP contribution in [-0.2, 0) is 5.41 Å². The van der Waals surface area contributed by atoms with Crippen molar-refractivity contribution in [3.05, 3.63) is 35.9 Å². The van der Waals surface area contributed by atoms with Gasteiger partial charge in [0.1, 0.15) is 11.6 Å². The van der Waals surface area contributed by atoms with Gasteiger partial charge in [-0.15, -0.1) is 0 Å². The van der Waals surface area contributed by atoms with E-state index in [1.165, 1.54) is 5.56 Å². The van der Waals surface area contributed by atoms with Crippen molar-refractivity contribution < 1.29 is 0 Å². The molecule has 0 aliphatic heterocycles. The highest BCUT2D eigenvalue weighted by Gasteiger charge is 2.17. The van der Waals surface area contributed by atoms with E-state index in [-0.39, 0.29) is 11.4 Å². The van der Waals surface area contributed by atoms with Crippen LogP contribution in [0.4, 0.5) is 23.3 Å². The van der Waals surface area contributed by atoms with Crippen LogP contribution < -0.4 is 22.3 Å². The van der Waals surface area contributed by atoms with Crippen molar-refractivity contribution >= 4 is 23.3 Å². The summed E-state index contributed by atoms with van der Waals surface area (Å²) in [6.45, 7) is 6.48. The van der Waals surface area contributed by atoms with Gasteiger partial charge in [-0.05, 0) is 17.0 Å². The standard InChI is InChI=1S/C14H20N6/c1-14(2,3)9-6-4-5-7-10(9)17-11-8-12(20-16)19-13(15)18-11/h4-8H,16H2,1-3H3,(H4,15,17,18,19,20). The Hall–Kier alpha value is -2.34. The lowest BCUT2D eigenvalue weighted by Gasteiger charge is -2.23. The fraction of sp³-hybridized carbons (Fsp3) is 0.286. The van der Waals surface area contributed by atoms with Crippen LogP contribution in [0.3, 0.4) is 0 Å². The van der Waals surface area contributed by atoms with Gasteiger partial charge in [-0.3, -0.25) is 0 Å². The first-order valence-corrected chi connectivity index (χ1v) is 6.38. The smallest absolute Gasteiger partial charge is 0.223 e. The summed E-state index contributed by atoms with van der Waals surface area (Å²) in [5.41, 5.74) is 10.3. The highest BCUT2D eigenvalue weighted by Crippen LogP contribution is 2.31. The van der Waals surface area contributed by atoms with Crippen LogP contribution in [0.15, 0.2) is 30.3 Å². The molecule has 6 nitrogen and oxygen atoms in total. The number of anilines is 4. The second-order valence-corrected chi connectivity index (χ2v) is 5.56. The Morgan fingerprint density at radius 3 is 2.35 bits per heavy atom. The minimum absolute atomic E-state index is 0.0249. The first kappa shape index (κ1) is 14.1. The van der Waals surface area contributed by atoms with Gasteiger partial charge in [0.05, 0.1) is 0 Å². The molecule has 0 spiro atoms. The third-order valence-electron chi connectivity index (χ3n) is 2.89. The first-order chi connectivity index (χ1) is 9.40. The summed E-state index contributed by atoms with van der Waals surface area (Å²) in [7, 11) is 0. The largest absolute Gasteiger partial charge is 0.368 e. The molecule has 6 heteroatoms. The average Bonchev–Trinajstić information content (AvgIpc) is 2.37. The Morgan fingerprint density at radius 2 is 1.70 bits per heavy atom. The Kier molecular flexibility index (Phi) is 3.76. The Labute approximate surface area is 118 Å². The van der Waals surface area contributed by atoms with Crippen molar-refractivity contribution in [2.45, 2.75) is 26.2 Å². The van der Waals surface area contributed by atoms with Gasteiger partial charge in [0.25, 0.3) is 0 Å². The zero-order chi connectivity index (χ0) is 14.8. The number of hydrogen-bond donors (Lipinski definition) is 4. The summed E-state index contributed by atoms with van der Waals surface area (Å²) in [5, 5.41) is 3.27. The summed E-state index contributed by atoms with van der Waals surface area (Å²) in [5.74, 6) is 6.58. The van der Waals surface area contributed by atoms with Crippen molar-refractivity contribution in [1.29, 1.82) is 0 Å². The number of rotatable bonds is 3. The summed E-state index contributed by atoms with van der Waals surface area (Å²) in [6, 6.07) is 9.80. The molecule has 0 amide bonds. The molecule has 0 fully saturated rings. The minimum Gasteiger partial charge on any atom is -0.368 e. The number of benzene rings is 1. The van der Waals surface area contributed by atoms with E-state index in [0.29, 0.717) is 11.6 Å². The van der Waals surface area contributed by atoms with Gasteiger partial charge in [0.15, 0.2) is 0 Å². The number of nitrogens with two attached hydrogens (primary N) is 2. The molecule has 0 radical (unpaired) electrons. The molecule has 0 aliphatic rings. The number of nitrogen functional groups attached to an aromatic ring is 2. The van der Waals surface area contributed by atoms with E-state index < -0.39 is 0 Å². The molecule has 0 saturated heterocycles. The fourth-order valence-corrected chi connectivity index (χ4v) is 1.99. The minimum atomic E-state index is 0.0249. The summed E-state index contributed by atoms with van der Waals surface area (Å²) >= 11 is 0. The van der Waals surface area contributed by atoms with Crippen molar-refractivity contribution in [2.24, 2.45) is 5.84 Å². The molecule has 2 rings (SSSR count). The Morgan fingerprint density at radius 1 is 1.05 bits per heavy atom. The predicted octanol–water partition coefficient (Wildman–Crippen LogP) is 2.39. The van der Waals surface area contributed by atoms with E-state index >= 15 is 0 Å². The van der Waals surface area contributed by atoms with Crippen LogP contribution in [-0.4, -0.2) is 9.97 Å². The van der Waals surface area contributed by atoms with E-state index in [1.807, 2.05) is 18.2 Å². The third-order valence-corrected chi connectivity index (χ3v) is 2.89.